The Bertz CT molecular complexity index is 233. The zero-order chi connectivity index (χ0) is 8.27. The average molecular weight is 314 g/mol. The van der Waals surface area contributed by atoms with Gasteiger partial charge in [0.05, 0.1) is 6.42 Å². The van der Waals surface area contributed by atoms with Crippen LogP contribution in [0, 0.1) is 40.8 Å². The van der Waals surface area contributed by atoms with Crippen molar-refractivity contribution >= 4 is 21.8 Å². The Morgan fingerprint density at radius 3 is 2.17 bits per heavy atom. The molecule has 0 aromatic heterocycles. The molecule has 0 saturated heterocycles. The van der Waals surface area contributed by atoms with Crippen molar-refractivity contribution in [3.05, 3.63) is 23.0 Å². The zero-order valence-electron chi connectivity index (χ0n) is 6.78. The Balaban J connectivity index is 0.00000121. The Morgan fingerprint density at radius 1 is 1.25 bits per heavy atom. The molecule has 0 atom stereocenters. The third-order valence-corrected chi connectivity index (χ3v) is 3.01. The number of hydrogen-bond donors (Lipinski definition) is 1. The summed E-state index contributed by atoms with van der Waals surface area (Å²) in [7, 11) is -0.760. The van der Waals surface area contributed by atoms with Crippen LogP contribution in [0.2, 0.25) is 0 Å². The van der Waals surface area contributed by atoms with Crippen LogP contribution in [-0.2, 0) is 9.59 Å². The average Bonchev–Trinajstić information content (AvgIpc) is 2.35. The summed E-state index contributed by atoms with van der Waals surface area (Å²) in [4.78, 5) is 21.7. The smallest absolute Gasteiger partial charge is 0.183 e. The molecule has 0 unspecified atom stereocenters. The van der Waals surface area contributed by atoms with Crippen molar-refractivity contribution in [2.24, 2.45) is 0 Å². The second-order valence-corrected chi connectivity index (χ2v) is 4.27. The molecule has 4 heteroatoms. The van der Waals surface area contributed by atoms with Crippen molar-refractivity contribution in [1.29, 1.82) is 0 Å². The van der Waals surface area contributed by atoms with Gasteiger partial charge in [0.25, 0.3) is 0 Å². The first-order valence-corrected chi connectivity index (χ1v) is 4.84. The van der Waals surface area contributed by atoms with Crippen LogP contribution in [0.5, 0.6) is 0 Å². The molecule has 0 amide bonds. The van der Waals surface area contributed by atoms with Crippen molar-refractivity contribution in [3.8, 4) is 0 Å². The van der Waals surface area contributed by atoms with Crippen molar-refractivity contribution < 1.29 is 50.4 Å². The van der Waals surface area contributed by atoms with E-state index in [-0.39, 0.29) is 58.2 Å². The molecule has 2 nitrogen and oxygen atoms in total. The minimum Gasteiger partial charge on any atom is -0.300 e. The fourth-order valence-electron chi connectivity index (χ4n) is 0.805. The van der Waals surface area contributed by atoms with E-state index in [1.807, 2.05) is 23.0 Å². The number of carbonyl (C=O) groups is 2. The van der Waals surface area contributed by atoms with Gasteiger partial charge in [-0.3, -0.25) is 9.59 Å². The molecule has 0 saturated carbocycles. The number of rotatable bonds is 2. The van der Waals surface area contributed by atoms with Gasteiger partial charge in [-0.05, 0) is 17.7 Å². The molecule has 1 aliphatic heterocycles. The molecule has 0 N–H and O–H groups in total. The van der Waals surface area contributed by atoms with Crippen molar-refractivity contribution in [2.75, 3.05) is 0 Å². The summed E-state index contributed by atoms with van der Waals surface area (Å²) in [5, 5.41) is 3.78. The maximum Gasteiger partial charge on any atom is 0.183 e. The van der Waals surface area contributed by atoms with E-state index in [0.29, 0.717) is 0 Å². The summed E-state index contributed by atoms with van der Waals surface area (Å²) in [6, 6.07) is 0. The van der Waals surface area contributed by atoms with Gasteiger partial charge in [0.15, 0.2) is 5.12 Å². The first-order valence-electron chi connectivity index (χ1n) is 3.36. The second-order valence-electron chi connectivity index (χ2n) is 2.36. The minimum absolute atomic E-state index is 0. The standard InChI is InChI=1S/C8H10O2S.Nd/c1-7(9)6-8(10)11-4-2-3-5-11;/h2-5,11H,6H2,1H3;. The molecule has 0 aliphatic carbocycles. The van der Waals surface area contributed by atoms with E-state index in [9.17, 15) is 9.59 Å². The number of hydrogen-bond acceptors (Lipinski definition) is 2. The number of ketones is 1. The second kappa shape index (κ2) is 6.05. The van der Waals surface area contributed by atoms with Gasteiger partial charge in [0.1, 0.15) is 5.78 Å². The Morgan fingerprint density at radius 2 is 1.75 bits per heavy atom. The number of thiol groups is 1. The van der Waals surface area contributed by atoms with E-state index in [1.54, 1.807) is 0 Å². The van der Waals surface area contributed by atoms with Crippen LogP contribution in [0.3, 0.4) is 0 Å². The van der Waals surface area contributed by atoms with Gasteiger partial charge in [-0.25, -0.2) is 0 Å². The minimum atomic E-state index is -0.760. The molecule has 0 aromatic carbocycles. The summed E-state index contributed by atoms with van der Waals surface area (Å²) in [6.07, 6.45) is 3.79. The normalized spacial score (nSPS) is 15.9. The molecule has 0 aromatic rings. The summed E-state index contributed by atoms with van der Waals surface area (Å²) in [6.45, 7) is 1.44. The summed E-state index contributed by atoms with van der Waals surface area (Å²) < 4.78 is 0. The van der Waals surface area contributed by atoms with Crippen LogP contribution in [0.4, 0.5) is 0 Å². The number of Topliss-reactive ketones (excluding diaryl/α,β-unsaturated/α-hetero) is 1. The first kappa shape index (κ1) is 12.5. The maximum atomic E-state index is 11.2. The van der Waals surface area contributed by atoms with Crippen LogP contribution in [-0.4, -0.2) is 10.9 Å². The van der Waals surface area contributed by atoms with E-state index < -0.39 is 10.9 Å². The fourth-order valence-corrected chi connectivity index (χ4v) is 2.21. The van der Waals surface area contributed by atoms with Crippen molar-refractivity contribution in [1.82, 2.24) is 0 Å². The molecule has 12 heavy (non-hydrogen) atoms. The fraction of sp³-hybridized carbons (Fsp3) is 0.250. The molecule has 0 bridgehead atoms. The quantitative estimate of drug-likeness (QED) is 0.620. The van der Waals surface area contributed by atoms with Crippen LogP contribution in [0.15, 0.2) is 23.0 Å². The molecule has 1 rings (SSSR count). The van der Waals surface area contributed by atoms with Gasteiger partial charge in [-0.2, -0.15) is 10.9 Å². The van der Waals surface area contributed by atoms with Gasteiger partial charge < -0.3 is 0 Å². The summed E-state index contributed by atoms with van der Waals surface area (Å²) in [5.74, 6) is -0.0498. The molecule has 64 valence electrons. The molecule has 1 aliphatic rings. The Hall–Kier alpha value is 0.521. The largest absolute Gasteiger partial charge is 0.300 e. The third-order valence-electron chi connectivity index (χ3n) is 1.29. The Labute approximate surface area is 107 Å². The molecule has 0 radical (unpaired) electrons. The van der Waals surface area contributed by atoms with Crippen LogP contribution in [0.25, 0.3) is 0 Å². The number of allylic oxidation sites excluding steroid dienone is 2. The topological polar surface area (TPSA) is 34.1 Å². The van der Waals surface area contributed by atoms with Crippen LogP contribution in [0.1, 0.15) is 13.3 Å². The van der Waals surface area contributed by atoms with Gasteiger partial charge in [-0.15, -0.1) is 0 Å². The summed E-state index contributed by atoms with van der Waals surface area (Å²) in [5.41, 5.74) is 0. The van der Waals surface area contributed by atoms with E-state index in [0.717, 1.165) is 0 Å². The van der Waals surface area contributed by atoms with Gasteiger partial charge in [-0.1, -0.05) is 12.2 Å². The molecule has 0 fully saturated rings. The van der Waals surface area contributed by atoms with Gasteiger partial charge >= 0.3 is 0 Å². The van der Waals surface area contributed by atoms with E-state index in [2.05, 4.69) is 0 Å². The molecule has 0 spiro atoms. The van der Waals surface area contributed by atoms with Crippen molar-refractivity contribution in [3.63, 3.8) is 0 Å². The van der Waals surface area contributed by atoms with Crippen molar-refractivity contribution in [2.45, 2.75) is 13.3 Å². The first-order chi connectivity index (χ1) is 5.20. The van der Waals surface area contributed by atoms with Gasteiger partial charge in [0, 0.05) is 40.8 Å². The number of carbonyl (C=O) groups excluding carboxylic acids is 2. The zero-order valence-corrected chi connectivity index (χ0v) is 10.9. The molecule has 1 heterocycles. The predicted molar refractivity (Wildman–Crippen MR) is 47.6 cm³/mol. The van der Waals surface area contributed by atoms with E-state index in [1.165, 1.54) is 6.92 Å². The monoisotopic (exact) mass is 312 g/mol. The van der Waals surface area contributed by atoms with E-state index >= 15 is 0 Å². The molecular formula is C8H10NdO2S. The molecular weight excluding hydrogens is 304 g/mol. The SMILES string of the molecule is CC(=O)CC(=O)[SH]1C=CC=C1.[Nd]. The maximum absolute atomic E-state index is 11.2. The van der Waals surface area contributed by atoms with Crippen LogP contribution < -0.4 is 0 Å². The van der Waals surface area contributed by atoms with E-state index in [4.69, 9.17) is 0 Å². The Kier molecular flexibility index (Phi) is 6.31. The predicted octanol–water partition coefficient (Wildman–Crippen LogP) is 1.53. The summed E-state index contributed by atoms with van der Waals surface area (Å²) >= 11 is 0. The van der Waals surface area contributed by atoms with Crippen LogP contribution >= 0.6 is 10.9 Å². The van der Waals surface area contributed by atoms with Gasteiger partial charge in [0.2, 0.25) is 0 Å². The third kappa shape index (κ3) is 3.96.